The number of rotatable bonds is 2. The number of hydrogen-bond acceptors (Lipinski definition) is 6. The average Bonchev–Trinajstić information content (AvgIpc) is 2.15. The van der Waals surface area contributed by atoms with Gasteiger partial charge in [-0.05, 0) is 0 Å². The molecule has 0 aromatic rings. The lowest BCUT2D eigenvalue weighted by Gasteiger charge is -2.39. The van der Waals surface area contributed by atoms with Crippen molar-refractivity contribution < 1.29 is 24.8 Å². The summed E-state index contributed by atoms with van der Waals surface area (Å²) in [6, 6.07) is 0. The van der Waals surface area contributed by atoms with Crippen LogP contribution in [-0.2, 0) is 9.47 Å². The molecule has 0 saturated carbocycles. The van der Waals surface area contributed by atoms with E-state index in [4.69, 9.17) is 14.6 Å². The number of aliphatic hydroxyl groups is 3. The number of ether oxygens (including phenoxy) is 2. The molecule has 1 rings (SSSR count). The van der Waals surface area contributed by atoms with E-state index in [1.165, 1.54) is 7.11 Å². The second-order valence-electron chi connectivity index (χ2n) is 2.93. The summed E-state index contributed by atoms with van der Waals surface area (Å²) in [5.41, 5.74) is 0. The third-order valence-corrected chi connectivity index (χ3v) is 2.63. The summed E-state index contributed by atoms with van der Waals surface area (Å²) in [5.74, 6) is 0. The van der Waals surface area contributed by atoms with Crippen LogP contribution in [0, 0.1) is 0 Å². The van der Waals surface area contributed by atoms with Gasteiger partial charge in [-0.3, -0.25) is 0 Å². The smallest absolute Gasteiger partial charge is 0.171 e. The van der Waals surface area contributed by atoms with Crippen molar-refractivity contribution in [2.24, 2.45) is 0 Å². The van der Waals surface area contributed by atoms with E-state index in [9.17, 15) is 10.2 Å². The molecule has 6 heteroatoms. The molecule has 1 heterocycles. The topological polar surface area (TPSA) is 79.2 Å². The van der Waals surface area contributed by atoms with Crippen LogP contribution in [0.2, 0.25) is 0 Å². The quantitative estimate of drug-likeness (QED) is 0.412. The number of aliphatic hydroxyl groups excluding tert-OH is 3. The predicted octanol–water partition coefficient (Wildman–Crippen LogP) is -1.63. The Morgan fingerprint density at radius 3 is 2.46 bits per heavy atom. The highest BCUT2D eigenvalue weighted by Gasteiger charge is 2.42. The lowest BCUT2D eigenvalue weighted by atomic mass is 10.0. The van der Waals surface area contributed by atoms with E-state index in [0.717, 1.165) is 0 Å². The maximum atomic E-state index is 9.45. The molecular weight excluding hydrogens is 196 g/mol. The molecule has 0 aromatic heterocycles. The van der Waals surface area contributed by atoms with Gasteiger partial charge in [0.05, 0.1) is 18.0 Å². The van der Waals surface area contributed by atoms with E-state index in [1.807, 2.05) is 0 Å². The highest BCUT2D eigenvalue weighted by atomic mass is 32.1. The van der Waals surface area contributed by atoms with Crippen LogP contribution in [0.3, 0.4) is 0 Å². The zero-order chi connectivity index (χ0) is 10.0. The number of hydrogen-bond donors (Lipinski definition) is 4. The monoisotopic (exact) mass is 210 g/mol. The van der Waals surface area contributed by atoms with Gasteiger partial charge in [-0.15, -0.1) is 0 Å². The molecule has 5 nitrogen and oxygen atoms in total. The molecule has 1 fully saturated rings. The summed E-state index contributed by atoms with van der Waals surface area (Å²) in [7, 11) is 1.41. The van der Waals surface area contributed by atoms with E-state index in [1.54, 1.807) is 0 Å². The second-order valence-corrected chi connectivity index (χ2v) is 3.53. The summed E-state index contributed by atoms with van der Waals surface area (Å²) in [6.45, 7) is -0.363. The van der Waals surface area contributed by atoms with Crippen LogP contribution >= 0.6 is 12.6 Å². The van der Waals surface area contributed by atoms with Crippen molar-refractivity contribution in [1.82, 2.24) is 0 Å². The highest BCUT2D eigenvalue weighted by molar-refractivity contribution is 7.81. The fourth-order valence-corrected chi connectivity index (χ4v) is 1.63. The Labute approximate surface area is 81.7 Å². The van der Waals surface area contributed by atoms with Gasteiger partial charge in [0.15, 0.2) is 6.29 Å². The van der Waals surface area contributed by atoms with Gasteiger partial charge in [0, 0.05) is 7.11 Å². The zero-order valence-corrected chi connectivity index (χ0v) is 8.09. The summed E-state index contributed by atoms with van der Waals surface area (Å²) in [5, 5.41) is 27.0. The van der Waals surface area contributed by atoms with Crippen LogP contribution in [0.15, 0.2) is 0 Å². The molecule has 5 atom stereocenters. The first-order valence-corrected chi connectivity index (χ1v) is 4.46. The fraction of sp³-hybridized carbons (Fsp3) is 1.00. The molecular formula is C7H14O5S. The Kier molecular flexibility index (Phi) is 3.96. The molecule has 0 aromatic carbocycles. The Hall–Kier alpha value is 0.150. The Bertz CT molecular complexity index is 147. The molecule has 0 unspecified atom stereocenters. The SMILES string of the molecule is CO[C@@H]1O[C@H](CO)[C@H](O)[C@H](O)[C@H]1S. The van der Waals surface area contributed by atoms with Crippen LogP contribution in [0.25, 0.3) is 0 Å². The highest BCUT2D eigenvalue weighted by Crippen LogP contribution is 2.24. The lowest BCUT2D eigenvalue weighted by molar-refractivity contribution is -0.244. The van der Waals surface area contributed by atoms with Crippen molar-refractivity contribution in [2.45, 2.75) is 29.9 Å². The summed E-state index contributed by atoms with van der Waals surface area (Å²) >= 11 is 4.03. The largest absolute Gasteiger partial charge is 0.394 e. The van der Waals surface area contributed by atoms with Gasteiger partial charge in [-0.25, -0.2) is 0 Å². The van der Waals surface area contributed by atoms with Crippen LogP contribution in [-0.4, -0.2) is 58.9 Å². The fourth-order valence-electron chi connectivity index (χ4n) is 1.26. The van der Waals surface area contributed by atoms with Crippen LogP contribution < -0.4 is 0 Å². The van der Waals surface area contributed by atoms with E-state index in [-0.39, 0.29) is 6.61 Å². The normalized spacial score (nSPS) is 46.4. The van der Waals surface area contributed by atoms with Crippen molar-refractivity contribution in [3.8, 4) is 0 Å². The standard InChI is InChI=1S/C7H14O5S/c1-11-7-6(13)5(10)4(9)3(2-8)12-7/h3-10,13H,2H2,1H3/t3-,4+,5+,6-,7-/m1/s1. The summed E-state index contributed by atoms with van der Waals surface area (Å²) in [4.78, 5) is 0. The first-order chi connectivity index (χ1) is 6.11. The molecule has 3 N–H and O–H groups in total. The molecule has 0 aliphatic carbocycles. The number of methoxy groups -OCH3 is 1. The Morgan fingerprint density at radius 2 is 2.00 bits per heavy atom. The third-order valence-electron chi connectivity index (χ3n) is 2.08. The van der Waals surface area contributed by atoms with Gasteiger partial charge in [0.1, 0.15) is 12.2 Å². The van der Waals surface area contributed by atoms with Gasteiger partial charge in [0.25, 0.3) is 0 Å². The van der Waals surface area contributed by atoms with Crippen LogP contribution in [0.5, 0.6) is 0 Å². The Balaban J connectivity index is 2.66. The minimum absolute atomic E-state index is 0.363. The Morgan fingerprint density at radius 1 is 1.38 bits per heavy atom. The van der Waals surface area contributed by atoms with Gasteiger partial charge in [-0.2, -0.15) is 12.6 Å². The minimum Gasteiger partial charge on any atom is -0.394 e. The zero-order valence-electron chi connectivity index (χ0n) is 7.20. The maximum absolute atomic E-state index is 9.45. The van der Waals surface area contributed by atoms with Gasteiger partial charge in [0.2, 0.25) is 0 Å². The molecule has 0 radical (unpaired) electrons. The van der Waals surface area contributed by atoms with Gasteiger partial charge in [-0.1, -0.05) is 0 Å². The first-order valence-electron chi connectivity index (χ1n) is 3.95. The van der Waals surface area contributed by atoms with E-state index >= 15 is 0 Å². The van der Waals surface area contributed by atoms with Crippen molar-refractivity contribution in [1.29, 1.82) is 0 Å². The average molecular weight is 210 g/mol. The molecule has 0 spiro atoms. The van der Waals surface area contributed by atoms with Crippen molar-refractivity contribution in [2.75, 3.05) is 13.7 Å². The van der Waals surface area contributed by atoms with Crippen molar-refractivity contribution >= 4 is 12.6 Å². The van der Waals surface area contributed by atoms with Gasteiger partial charge >= 0.3 is 0 Å². The molecule has 13 heavy (non-hydrogen) atoms. The summed E-state index contributed by atoms with van der Waals surface area (Å²) in [6.07, 6.45) is -3.71. The van der Waals surface area contributed by atoms with Crippen LogP contribution in [0.4, 0.5) is 0 Å². The predicted molar refractivity (Wildman–Crippen MR) is 47.5 cm³/mol. The van der Waals surface area contributed by atoms with E-state index in [0.29, 0.717) is 0 Å². The van der Waals surface area contributed by atoms with Crippen molar-refractivity contribution in [3.63, 3.8) is 0 Å². The first kappa shape index (κ1) is 11.2. The molecule has 0 amide bonds. The number of thiol groups is 1. The maximum Gasteiger partial charge on any atom is 0.171 e. The van der Waals surface area contributed by atoms with Crippen LogP contribution in [0.1, 0.15) is 0 Å². The lowest BCUT2D eigenvalue weighted by Crippen LogP contribution is -2.57. The molecule has 78 valence electrons. The third kappa shape index (κ3) is 2.15. The van der Waals surface area contributed by atoms with E-state index < -0.39 is 29.9 Å². The second kappa shape index (κ2) is 4.59. The van der Waals surface area contributed by atoms with Crippen molar-refractivity contribution in [3.05, 3.63) is 0 Å². The molecule has 1 saturated heterocycles. The minimum atomic E-state index is -1.13. The molecule has 0 bridgehead atoms. The van der Waals surface area contributed by atoms with E-state index in [2.05, 4.69) is 12.6 Å². The summed E-state index contributed by atoms with van der Waals surface area (Å²) < 4.78 is 9.99. The van der Waals surface area contributed by atoms with Gasteiger partial charge < -0.3 is 24.8 Å². The molecule has 1 aliphatic heterocycles. The molecule has 1 aliphatic rings.